The van der Waals surface area contributed by atoms with E-state index >= 15 is 0 Å². The monoisotopic (exact) mass is 212 g/mol. The van der Waals surface area contributed by atoms with Crippen molar-refractivity contribution in [3.63, 3.8) is 0 Å². The van der Waals surface area contributed by atoms with Gasteiger partial charge in [-0.2, -0.15) is 0 Å². The van der Waals surface area contributed by atoms with Gasteiger partial charge in [0.2, 0.25) is 5.91 Å². The molecule has 78 valence electrons. The van der Waals surface area contributed by atoms with Crippen molar-refractivity contribution in [3.05, 3.63) is 21.9 Å². The summed E-state index contributed by atoms with van der Waals surface area (Å²) in [6, 6.07) is 3.69. The van der Waals surface area contributed by atoms with Crippen LogP contribution in [0.3, 0.4) is 0 Å². The maximum Gasteiger partial charge on any atom is 0.237 e. The SMILES string of the molecule is CC[C@H](N)C(=O)NCc1ccc(C)s1. The number of carbonyl (C=O) groups excluding carboxylic acids is 1. The molecule has 0 spiro atoms. The Hall–Kier alpha value is -0.870. The zero-order chi connectivity index (χ0) is 10.6. The molecule has 0 aliphatic heterocycles. The Morgan fingerprint density at radius 1 is 1.64 bits per heavy atom. The van der Waals surface area contributed by atoms with E-state index in [-0.39, 0.29) is 11.9 Å². The topological polar surface area (TPSA) is 55.1 Å². The summed E-state index contributed by atoms with van der Waals surface area (Å²) in [5.74, 6) is -0.0708. The molecule has 0 bridgehead atoms. The van der Waals surface area contributed by atoms with Gasteiger partial charge in [0.15, 0.2) is 0 Å². The molecule has 0 aliphatic carbocycles. The Balaban J connectivity index is 2.37. The smallest absolute Gasteiger partial charge is 0.237 e. The van der Waals surface area contributed by atoms with Gasteiger partial charge in [-0.3, -0.25) is 4.79 Å². The fraction of sp³-hybridized carbons (Fsp3) is 0.500. The third kappa shape index (κ3) is 3.12. The second kappa shape index (κ2) is 5.12. The van der Waals surface area contributed by atoms with Crippen LogP contribution < -0.4 is 11.1 Å². The lowest BCUT2D eigenvalue weighted by atomic mass is 10.2. The Morgan fingerprint density at radius 3 is 2.86 bits per heavy atom. The largest absolute Gasteiger partial charge is 0.350 e. The molecule has 4 heteroatoms. The first-order chi connectivity index (χ1) is 6.63. The normalized spacial score (nSPS) is 12.5. The van der Waals surface area contributed by atoms with E-state index in [1.165, 1.54) is 9.75 Å². The van der Waals surface area contributed by atoms with Crippen LogP contribution in [0.1, 0.15) is 23.1 Å². The molecule has 0 saturated heterocycles. The summed E-state index contributed by atoms with van der Waals surface area (Å²) >= 11 is 1.69. The van der Waals surface area contributed by atoms with E-state index in [4.69, 9.17) is 5.73 Å². The molecule has 3 nitrogen and oxygen atoms in total. The van der Waals surface area contributed by atoms with Crippen LogP contribution >= 0.6 is 11.3 Å². The average molecular weight is 212 g/mol. The van der Waals surface area contributed by atoms with Gasteiger partial charge in [0, 0.05) is 9.75 Å². The molecule has 1 atom stereocenters. The number of nitrogens with two attached hydrogens (primary N) is 1. The minimum atomic E-state index is -0.379. The number of nitrogens with one attached hydrogen (secondary N) is 1. The molecule has 1 aromatic heterocycles. The molecule has 0 fully saturated rings. The van der Waals surface area contributed by atoms with Crippen LogP contribution in [0, 0.1) is 6.92 Å². The van der Waals surface area contributed by atoms with Crippen molar-refractivity contribution in [2.24, 2.45) is 5.73 Å². The first-order valence-electron chi connectivity index (χ1n) is 4.72. The van der Waals surface area contributed by atoms with E-state index < -0.39 is 0 Å². The van der Waals surface area contributed by atoms with Gasteiger partial charge in [0.1, 0.15) is 0 Å². The molecule has 0 aromatic carbocycles. The molecule has 14 heavy (non-hydrogen) atoms. The van der Waals surface area contributed by atoms with Crippen molar-refractivity contribution in [1.29, 1.82) is 0 Å². The first-order valence-corrected chi connectivity index (χ1v) is 5.53. The van der Waals surface area contributed by atoms with Gasteiger partial charge in [-0.15, -0.1) is 11.3 Å². The van der Waals surface area contributed by atoms with Crippen LogP contribution in [0.5, 0.6) is 0 Å². The van der Waals surface area contributed by atoms with Gasteiger partial charge in [0.25, 0.3) is 0 Å². The van der Waals surface area contributed by atoms with E-state index in [0.717, 1.165) is 0 Å². The third-order valence-corrected chi connectivity index (χ3v) is 3.01. The quantitative estimate of drug-likeness (QED) is 0.793. The highest BCUT2D eigenvalue weighted by Crippen LogP contribution is 2.14. The summed E-state index contributed by atoms with van der Waals surface area (Å²) in [7, 11) is 0. The van der Waals surface area contributed by atoms with Crippen molar-refractivity contribution < 1.29 is 4.79 Å². The fourth-order valence-electron chi connectivity index (χ4n) is 1.07. The summed E-state index contributed by atoms with van der Waals surface area (Å²) in [6.45, 7) is 4.54. The first kappa shape index (κ1) is 11.2. The molecule has 0 radical (unpaired) electrons. The van der Waals surface area contributed by atoms with Crippen LogP contribution in [0.25, 0.3) is 0 Å². The number of hydrogen-bond acceptors (Lipinski definition) is 3. The molecule has 1 aromatic rings. The van der Waals surface area contributed by atoms with E-state index in [1.54, 1.807) is 11.3 Å². The van der Waals surface area contributed by atoms with E-state index in [0.29, 0.717) is 13.0 Å². The van der Waals surface area contributed by atoms with Crippen LogP contribution in [0.2, 0.25) is 0 Å². The zero-order valence-corrected chi connectivity index (χ0v) is 9.36. The van der Waals surface area contributed by atoms with Gasteiger partial charge in [-0.1, -0.05) is 6.92 Å². The lowest BCUT2D eigenvalue weighted by Gasteiger charge is -2.08. The summed E-state index contributed by atoms with van der Waals surface area (Å²) in [5.41, 5.74) is 5.58. The number of hydrogen-bond donors (Lipinski definition) is 2. The lowest BCUT2D eigenvalue weighted by molar-refractivity contribution is -0.122. The second-order valence-electron chi connectivity index (χ2n) is 3.24. The number of carbonyl (C=O) groups is 1. The highest BCUT2D eigenvalue weighted by Gasteiger charge is 2.09. The molecular formula is C10H16N2OS. The second-order valence-corrected chi connectivity index (χ2v) is 4.62. The molecular weight excluding hydrogens is 196 g/mol. The van der Waals surface area contributed by atoms with Crippen LogP contribution in [-0.4, -0.2) is 11.9 Å². The predicted molar refractivity (Wildman–Crippen MR) is 59.2 cm³/mol. The lowest BCUT2D eigenvalue weighted by Crippen LogP contribution is -2.39. The van der Waals surface area contributed by atoms with E-state index in [2.05, 4.69) is 5.32 Å². The van der Waals surface area contributed by atoms with Crippen molar-refractivity contribution in [1.82, 2.24) is 5.32 Å². The summed E-state index contributed by atoms with van der Waals surface area (Å²) in [6.07, 6.45) is 0.676. The van der Waals surface area contributed by atoms with Crippen molar-refractivity contribution in [2.75, 3.05) is 0 Å². The number of rotatable bonds is 4. The number of thiophene rings is 1. The zero-order valence-electron chi connectivity index (χ0n) is 8.54. The van der Waals surface area contributed by atoms with Gasteiger partial charge < -0.3 is 11.1 Å². The summed E-state index contributed by atoms with van der Waals surface area (Å²) < 4.78 is 0. The molecule has 0 unspecified atom stereocenters. The maximum absolute atomic E-state index is 11.3. The molecule has 0 aliphatic rings. The molecule has 1 heterocycles. The maximum atomic E-state index is 11.3. The Morgan fingerprint density at radius 2 is 2.36 bits per heavy atom. The highest BCUT2D eigenvalue weighted by molar-refractivity contribution is 7.11. The molecule has 0 saturated carbocycles. The van der Waals surface area contributed by atoms with E-state index in [9.17, 15) is 4.79 Å². The fourth-order valence-corrected chi connectivity index (χ4v) is 1.90. The number of amides is 1. The van der Waals surface area contributed by atoms with Gasteiger partial charge >= 0.3 is 0 Å². The van der Waals surface area contributed by atoms with Gasteiger partial charge in [-0.05, 0) is 25.5 Å². The summed E-state index contributed by atoms with van der Waals surface area (Å²) in [4.78, 5) is 13.7. The molecule has 3 N–H and O–H groups in total. The molecule has 1 amide bonds. The average Bonchev–Trinajstić information content (AvgIpc) is 2.59. The van der Waals surface area contributed by atoms with Gasteiger partial charge in [0.05, 0.1) is 12.6 Å². The predicted octanol–water partition coefficient (Wildman–Crippen LogP) is 1.41. The molecule has 1 rings (SSSR count). The van der Waals surface area contributed by atoms with Crippen molar-refractivity contribution in [2.45, 2.75) is 32.9 Å². The Kier molecular flexibility index (Phi) is 4.10. The Labute approximate surface area is 88.3 Å². The third-order valence-electron chi connectivity index (χ3n) is 2.01. The van der Waals surface area contributed by atoms with Crippen LogP contribution in [0.4, 0.5) is 0 Å². The van der Waals surface area contributed by atoms with Gasteiger partial charge in [-0.25, -0.2) is 0 Å². The standard InChI is InChI=1S/C10H16N2OS/c1-3-9(11)10(13)12-6-8-5-4-7(2)14-8/h4-5,9H,3,6,11H2,1-2H3,(H,12,13)/t9-/m0/s1. The minimum Gasteiger partial charge on any atom is -0.350 e. The highest BCUT2D eigenvalue weighted by atomic mass is 32.1. The van der Waals surface area contributed by atoms with Crippen molar-refractivity contribution in [3.8, 4) is 0 Å². The van der Waals surface area contributed by atoms with Crippen LogP contribution in [0.15, 0.2) is 12.1 Å². The van der Waals surface area contributed by atoms with E-state index in [1.807, 2.05) is 26.0 Å². The number of aryl methyl sites for hydroxylation is 1. The minimum absolute atomic E-state index is 0.0708. The summed E-state index contributed by atoms with van der Waals surface area (Å²) in [5, 5.41) is 2.81. The van der Waals surface area contributed by atoms with Crippen molar-refractivity contribution >= 4 is 17.2 Å². The van der Waals surface area contributed by atoms with Crippen LogP contribution in [-0.2, 0) is 11.3 Å². The Bertz CT molecular complexity index is 309.